The van der Waals surface area contributed by atoms with E-state index in [2.05, 4.69) is 5.32 Å². The molecule has 0 aliphatic carbocycles. The van der Waals surface area contributed by atoms with Gasteiger partial charge in [-0.1, -0.05) is 35.3 Å². The monoisotopic (exact) mass is 342 g/mol. The normalized spacial score (nSPS) is 11.5. The lowest BCUT2D eigenvalue weighted by molar-refractivity contribution is -0.131. The standard InChI is InChI=1S/C16H20Cl2N2O2/c1-16(2,3)19-13(21)10-20(4)14(22)9-8-11-6-5-7-12(17)15(11)18/h5-9H,10H2,1-4H3,(H,19,21)/b9-8+. The topological polar surface area (TPSA) is 49.4 Å². The van der Waals surface area contributed by atoms with Crippen molar-refractivity contribution >= 4 is 41.1 Å². The summed E-state index contributed by atoms with van der Waals surface area (Å²) in [5.74, 6) is -0.502. The molecule has 0 aliphatic rings. The highest BCUT2D eigenvalue weighted by atomic mass is 35.5. The molecule has 0 saturated heterocycles. The molecule has 1 rings (SSSR count). The van der Waals surface area contributed by atoms with Crippen LogP contribution in [-0.4, -0.2) is 35.8 Å². The number of nitrogens with one attached hydrogen (secondary N) is 1. The predicted molar refractivity (Wildman–Crippen MR) is 91.0 cm³/mol. The van der Waals surface area contributed by atoms with Crippen LogP contribution in [0, 0.1) is 0 Å². The molecule has 1 aromatic rings. The van der Waals surface area contributed by atoms with Gasteiger partial charge < -0.3 is 10.2 Å². The van der Waals surface area contributed by atoms with Crippen LogP contribution in [0.25, 0.3) is 6.08 Å². The molecule has 2 amide bonds. The van der Waals surface area contributed by atoms with Gasteiger partial charge in [-0.15, -0.1) is 0 Å². The molecule has 120 valence electrons. The summed E-state index contributed by atoms with van der Waals surface area (Å²) in [5, 5.41) is 3.62. The molecular weight excluding hydrogens is 323 g/mol. The van der Waals surface area contributed by atoms with Gasteiger partial charge >= 0.3 is 0 Å². The van der Waals surface area contributed by atoms with E-state index < -0.39 is 0 Å². The second-order valence-electron chi connectivity index (χ2n) is 5.97. The van der Waals surface area contributed by atoms with Gasteiger partial charge in [0.15, 0.2) is 0 Å². The maximum Gasteiger partial charge on any atom is 0.246 e. The molecule has 4 nitrogen and oxygen atoms in total. The lowest BCUT2D eigenvalue weighted by Crippen LogP contribution is -2.46. The first kappa shape index (κ1) is 18.5. The fourth-order valence-electron chi connectivity index (χ4n) is 1.69. The first-order valence-electron chi connectivity index (χ1n) is 6.78. The second kappa shape index (κ2) is 7.65. The van der Waals surface area contributed by atoms with Crippen LogP contribution in [0.5, 0.6) is 0 Å². The molecule has 0 bridgehead atoms. The van der Waals surface area contributed by atoms with Crippen LogP contribution >= 0.6 is 23.2 Å². The van der Waals surface area contributed by atoms with Gasteiger partial charge in [0, 0.05) is 18.7 Å². The summed E-state index contributed by atoms with van der Waals surface area (Å²) in [6.45, 7) is 5.64. The van der Waals surface area contributed by atoms with E-state index in [0.29, 0.717) is 15.6 Å². The third kappa shape index (κ3) is 6.08. The highest BCUT2D eigenvalue weighted by Gasteiger charge is 2.16. The summed E-state index contributed by atoms with van der Waals surface area (Å²) in [6.07, 6.45) is 2.94. The number of benzene rings is 1. The van der Waals surface area contributed by atoms with Crippen LogP contribution in [0.4, 0.5) is 0 Å². The number of carbonyl (C=O) groups is 2. The zero-order valence-electron chi connectivity index (χ0n) is 13.1. The first-order valence-corrected chi connectivity index (χ1v) is 7.54. The molecule has 0 unspecified atom stereocenters. The van der Waals surface area contributed by atoms with Gasteiger partial charge in [0.05, 0.1) is 16.6 Å². The number of rotatable bonds is 4. The fourth-order valence-corrected chi connectivity index (χ4v) is 2.06. The van der Waals surface area contributed by atoms with Crippen LogP contribution in [-0.2, 0) is 9.59 Å². The number of amides is 2. The van der Waals surface area contributed by atoms with Crippen molar-refractivity contribution in [1.82, 2.24) is 10.2 Å². The Bertz CT molecular complexity index is 592. The van der Waals surface area contributed by atoms with E-state index in [-0.39, 0.29) is 23.9 Å². The number of nitrogens with zero attached hydrogens (tertiary/aromatic N) is 1. The lowest BCUT2D eigenvalue weighted by atomic mass is 10.1. The highest BCUT2D eigenvalue weighted by molar-refractivity contribution is 6.42. The van der Waals surface area contributed by atoms with E-state index in [9.17, 15) is 9.59 Å². The predicted octanol–water partition coefficient (Wildman–Crippen LogP) is 3.38. The molecule has 0 radical (unpaired) electrons. The van der Waals surface area contributed by atoms with Crippen molar-refractivity contribution in [2.24, 2.45) is 0 Å². The zero-order chi connectivity index (χ0) is 16.9. The molecule has 0 fully saturated rings. The number of halogens is 2. The second-order valence-corrected chi connectivity index (χ2v) is 6.75. The molecule has 0 heterocycles. The van der Waals surface area contributed by atoms with Crippen molar-refractivity contribution < 1.29 is 9.59 Å². The first-order chi connectivity index (χ1) is 10.1. The van der Waals surface area contributed by atoms with Gasteiger partial charge in [0.25, 0.3) is 0 Å². The summed E-state index contributed by atoms with van der Waals surface area (Å²) in [7, 11) is 1.56. The van der Waals surface area contributed by atoms with Gasteiger partial charge in [-0.2, -0.15) is 0 Å². The smallest absolute Gasteiger partial charge is 0.246 e. The van der Waals surface area contributed by atoms with Crippen molar-refractivity contribution in [1.29, 1.82) is 0 Å². The third-order valence-electron chi connectivity index (χ3n) is 2.66. The minimum Gasteiger partial charge on any atom is -0.350 e. The quantitative estimate of drug-likeness (QED) is 0.852. The van der Waals surface area contributed by atoms with E-state index in [0.717, 1.165) is 0 Å². The lowest BCUT2D eigenvalue weighted by Gasteiger charge is -2.22. The number of hydrogen-bond donors (Lipinski definition) is 1. The van der Waals surface area contributed by atoms with Crippen molar-refractivity contribution in [2.45, 2.75) is 26.3 Å². The Morgan fingerprint density at radius 2 is 1.91 bits per heavy atom. The molecule has 1 aromatic carbocycles. The van der Waals surface area contributed by atoms with Crippen molar-refractivity contribution in [3.63, 3.8) is 0 Å². The molecule has 6 heteroatoms. The molecule has 1 N–H and O–H groups in total. The molecule has 0 aliphatic heterocycles. The summed E-state index contributed by atoms with van der Waals surface area (Å²) >= 11 is 11.9. The van der Waals surface area contributed by atoms with E-state index >= 15 is 0 Å². The van der Waals surface area contributed by atoms with Crippen LogP contribution in [0.3, 0.4) is 0 Å². The Morgan fingerprint density at radius 1 is 1.27 bits per heavy atom. The molecular formula is C16H20Cl2N2O2. The average Bonchev–Trinajstić information content (AvgIpc) is 2.37. The van der Waals surface area contributed by atoms with E-state index in [1.54, 1.807) is 31.3 Å². The van der Waals surface area contributed by atoms with Crippen LogP contribution in [0.15, 0.2) is 24.3 Å². The van der Waals surface area contributed by atoms with Gasteiger partial charge in [0.2, 0.25) is 11.8 Å². The molecule has 0 atom stereocenters. The highest BCUT2D eigenvalue weighted by Crippen LogP contribution is 2.26. The number of likely N-dealkylation sites (N-methyl/N-ethyl adjacent to an activating group) is 1. The van der Waals surface area contributed by atoms with Gasteiger partial charge in [0.1, 0.15) is 0 Å². The summed E-state index contributed by atoms with van der Waals surface area (Å²) in [6, 6.07) is 5.18. The minimum absolute atomic E-state index is 0.0102. The summed E-state index contributed by atoms with van der Waals surface area (Å²) in [5.41, 5.74) is 0.320. The van der Waals surface area contributed by atoms with E-state index in [4.69, 9.17) is 23.2 Å². The Hall–Kier alpha value is -1.52. The van der Waals surface area contributed by atoms with Crippen LogP contribution in [0.2, 0.25) is 10.0 Å². The van der Waals surface area contributed by atoms with Crippen molar-refractivity contribution in [3.05, 3.63) is 39.9 Å². The fraction of sp³-hybridized carbons (Fsp3) is 0.375. The Balaban J connectivity index is 2.66. The SMILES string of the molecule is CN(CC(=O)NC(C)(C)C)C(=O)/C=C/c1cccc(Cl)c1Cl. The van der Waals surface area contributed by atoms with Crippen molar-refractivity contribution in [3.8, 4) is 0 Å². The zero-order valence-corrected chi connectivity index (χ0v) is 14.6. The number of carbonyl (C=O) groups excluding carboxylic acids is 2. The maximum absolute atomic E-state index is 12.0. The number of hydrogen-bond acceptors (Lipinski definition) is 2. The maximum atomic E-state index is 12.0. The Labute approximate surface area is 141 Å². The summed E-state index contributed by atoms with van der Waals surface area (Å²) in [4.78, 5) is 25.1. The average molecular weight is 343 g/mol. The minimum atomic E-state index is -0.328. The molecule has 22 heavy (non-hydrogen) atoms. The largest absolute Gasteiger partial charge is 0.350 e. The van der Waals surface area contributed by atoms with E-state index in [1.807, 2.05) is 20.8 Å². The molecule has 0 saturated carbocycles. The molecule has 0 aromatic heterocycles. The molecule has 0 spiro atoms. The Kier molecular flexibility index (Phi) is 6.45. The van der Waals surface area contributed by atoms with E-state index in [1.165, 1.54) is 11.0 Å². The Morgan fingerprint density at radius 3 is 2.50 bits per heavy atom. The van der Waals surface area contributed by atoms with Gasteiger partial charge in [-0.3, -0.25) is 9.59 Å². The summed E-state index contributed by atoms with van der Waals surface area (Å²) < 4.78 is 0. The van der Waals surface area contributed by atoms with Gasteiger partial charge in [-0.25, -0.2) is 0 Å². The van der Waals surface area contributed by atoms with Crippen LogP contribution < -0.4 is 5.32 Å². The van der Waals surface area contributed by atoms with Gasteiger partial charge in [-0.05, 0) is 38.5 Å². The van der Waals surface area contributed by atoms with Crippen molar-refractivity contribution in [2.75, 3.05) is 13.6 Å². The third-order valence-corrected chi connectivity index (χ3v) is 3.49. The van der Waals surface area contributed by atoms with Crippen LogP contribution in [0.1, 0.15) is 26.3 Å².